The molecule has 0 bridgehead atoms. The lowest BCUT2D eigenvalue weighted by atomic mass is 9.94. The summed E-state index contributed by atoms with van der Waals surface area (Å²) in [5.41, 5.74) is 0.846. The quantitative estimate of drug-likeness (QED) is 0.862. The van der Waals surface area contributed by atoms with Crippen LogP contribution in [-0.2, 0) is 4.79 Å². The summed E-state index contributed by atoms with van der Waals surface area (Å²) in [6, 6.07) is 10.0. The zero-order chi connectivity index (χ0) is 19.6. The zero-order valence-corrected chi connectivity index (χ0v) is 15.7. The molecule has 142 valence electrons. The van der Waals surface area contributed by atoms with Gasteiger partial charge in [0.1, 0.15) is 12.4 Å². The van der Waals surface area contributed by atoms with Crippen molar-refractivity contribution in [3.63, 3.8) is 0 Å². The maximum Gasteiger partial charge on any atom is 0.255 e. The summed E-state index contributed by atoms with van der Waals surface area (Å²) in [5.74, 6) is 1.14. The van der Waals surface area contributed by atoms with E-state index in [0.717, 1.165) is 0 Å². The van der Waals surface area contributed by atoms with Crippen LogP contribution in [0.25, 0.3) is 0 Å². The molecule has 0 radical (unpaired) electrons. The fourth-order valence-corrected chi connectivity index (χ4v) is 2.63. The minimum Gasteiger partial charge on any atom is -0.493 e. The average Bonchev–Trinajstić information content (AvgIpc) is 2.77. The van der Waals surface area contributed by atoms with E-state index >= 15 is 0 Å². The molecule has 27 heavy (non-hydrogen) atoms. The van der Waals surface area contributed by atoms with Crippen LogP contribution >= 0.6 is 0 Å². The van der Waals surface area contributed by atoms with Gasteiger partial charge in [0.15, 0.2) is 11.5 Å². The van der Waals surface area contributed by atoms with Gasteiger partial charge in [-0.25, -0.2) is 0 Å². The maximum atomic E-state index is 12.6. The van der Waals surface area contributed by atoms with Gasteiger partial charge < -0.3 is 24.8 Å². The second-order valence-electron chi connectivity index (χ2n) is 6.86. The molecular formula is C20H22N2O5. The lowest BCUT2D eigenvalue weighted by Crippen LogP contribution is -2.33. The summed E-state index contributed by atoms with van der Waals surface area (Å²) in [6.07, 6.45) is 0. The van der Waals surface area contributed by atoms with Gasteiger partial charge in [0, 0.05) is 11.3 Å². The molecule has 2 aromatic rings. The Labute approximate surface area is 157 Å². The van der Waals surface area contributed by atoms with Crippen LogP contribution in [0.1, 0.15) is 24.2 Å². The van der Waals surface area contributed by atoms with Crippen molar-refractivity contribution in [2.45, 2.75) is 13.8 Å². The third kappa shape index (κ3) is 3.81. The average molecular weight is 370 g/mol. The molecule has 0 aliphatic carbocycles. The van der Waals surface area contributed by atoms with Crippen LogP contribution in [0.2, 0.25) is 0 Å². The van der Waals surface area contributed by atoms with Crippen molar-refractivity contribution >= 4 is 23.2 Å². The number of nitrogens with one attached hydrogen (secondary N) is 2. The molecule has 0 unspecified atom stereocenters. The van der Waals surface area contributed by atoms with Gasteiger partial charge in [-0.05, 0) is 50.2 Å². The molecule has 2 aromatic carbocycles. The molecule has 7 heteroatoms. The van der Waals surface area contributed by atoms with E-state index in [0.29, 0.717) is 34.2 Å². The third-order valence-electron chi connectivity index (χ3n) is 4.33. The maximum absolute atomic E-state index is 12.6. The number of carbonyl (C=O) groups is 2. The third-order valence-corrected chi connectivity index (χ3v) is 4.33. The second-order valence-corrected chi connectivity index (χ2v) is 6.86. The monoisotopic (exact) mass is 370 g/mol. The lowest BCUT2D eigenvalue weighted by molar-refractivity contribution is -0.124. The zero-order valence-electron chi connectivity index (χ0n) is 15.7. The van der Waals surface area contributed by atoms with Gasteiger partial charge in [-0.3, -0.25) is 9.59 Å². The number of fused-ring (bicyclic) bond motifs is 1. The van der Waals surface area contributed by atoms with Crippen molar-refractivity contribution < 1.29 is 23.8 Å². The molecular weight excluding hydrogens is 348 g/mol. The molecule has 2 amide bonds. The fourth-order valence-electron chi connectivity index (χ4n) is 2.63. The van der Waals surface area contributed by atoms with Gasteiger partial charge >= 0.3 is 0 Å². The molecule has 1 aliphatic heterocycles. The first-order chi connectivity index (χ1) is 12.8. The van der Waals surface area contributed by atoms with E-state index in [4.69, 9.17) is 14.2 Å². The Morgan fingerprint density at radius 2 is 1.85 bits per heavy atom. The molecule has 0 saturated carbocycles. The van der Waals surface area contributed by atoms with Crippen LogP contribution in [-0.4, -0.2) is 32.6 Å². The van der Waals surface area contributed by atoms with E-state index in [1.165, 1.54) is 14.2 Å². The van der Waals surface area contributed by atoms with Crippen molar-refractivity contribution in [3.8, 4) is 17.2 Å². The predicted molar refractivity (Wildman–Crippen MR) is 102 cm³/mol. The number of methoxy groups -OCH3 is 2. The van der Waals surface area contributed by atoms with Crippen molar-refractivity contribution in [1.82, 2.24) is 0 Å². The number of amides is 2. The first kappa shape index (κ1) is 18.6. The van der Waals surface area contributed by atoms with Crippen molar-refractivity contribution in [1.29, 1.82) is 0 Å². The number of ether oxygens (including phenoxy) is 3. The number of anilines is 2. The summed E-state index contributed by atoms with van der Waals surface area (Å²) in [4.78, 5) is 24.8. The Morgan fingerprint density at radius 1 is 1.11 bits per heavy atom. The number of hydrogen-bond acceptors (Lipinski definition) is 5. The summed E-state index contributed by atoms with van der Waals surface area (Å²) in [5, 5.41) is 5.66. The van der Waals surface area contributed by atoms with E-state index in [2.05, 4.69) is 10.6 Å². The highest BCUT2D eigenvalue weighted by atomic mass is 16.5. The van der Waals surface area contributed by atoms with Crippen molar-refractivity contribution in [2.24, 2.45) is 5.41 Å². The van der Waals surface area contributed by atoms with E-state index in [1.54, 1.807) is 36.4 Å². The van der Waals surface area contributed by atoms with Crippen LogP contribution in [0.5, 0.6) is 17.2 Å². The number of carbonyl (C=O) groups excluding carboxylic acids is 2. The SMILES string of the molecule is COc1ccc(C(=O)Nc2ccc3c(c2)NC(=O)C(C)(C)CO3)cc1OC. The molecule has 2 N–H and O–H groups in total. The standard InChI is InChI=1S/C20H22N2O5/c1-20(2)11-27-15-8-6-13(10-14(15)22-19(20)24)21-18(23)12-5-7-16(25-3)17(9-12)26-4/h5-10H,11H2,1-4H3,(H,21,23)(H,22,24). The Kier molecular flexibility index (Phi) is 4.94. The molecule has 0 fully saturated rings. The minimum atomic E-state index is -0.637. The summed E-state index contributed by atoms with van der Waals surface area (Å²) in [7, 11) is 3.04. The molecule has 1 heterocycles. The molecule has 3 rings (SSSR count). The lowest BCUT2D eigenvalue weighted by Gasteiger charge is -2.18. The summed E-state index contributed by atoms with van der Waals surface area (Å²) >= 11 is 0. The largest absolute Gasteiger partial charge is 0.493 e. The first-order valence-corrected chi connectivity index (χ1v) is 8.46. The molecule has 1 aliphatic rings. The second kappa shape index (κ2) is 7.19. The Hall–Kier alpha value is -3.22. The molecule has 0 saturated heterocycles. The molecule has 7 nitrogen and oxygen atoms in total. The van der Waals surface area contributed by atoms with Crippen LogP contribution in [0, 0.1) is 5.41 Å². The molecule has 0 spiro atoms. The highest BCUT2D eigenvalue weighted by Gasteiger charge is 2.32. The summed E-state index contributed by atoms with van der Waals surface area (Å²) in [6.45, 7) is 3.91. The Bertz CT molecular complexity index is 892. The van der Waals surface area contributed by atoms with E-state index < -0.39 is 5.41 Å². The smallest absolute Gasteiger partial charge is 0.255 e. The Balaban J connectivity index is 1.81. The van der Waals surface area contributed by atoms with Crippen LogP contribution in [0.4, 0.5) is 11.4 Å². The molecule has 0 aromatic heterocycles. The van der Waals surface area contributed by atoms with Crippen LogP contribution < -0.4 is 24.8 Å². The fraction of sp³-hybridized carbons (Fsp3) is 0.300. The van der Waals surface area contributed by atoms with Gasteiger partial charge in [-0.1, -0.05) is 0 Å². The van der Waals surface area contributed by atoms with Crippen molar-refractivity contribution in [3.05, 3.63) is 42.0 Å². The Morgan fingerprint density at radius 3 is 2.56 bits per heavy atom. The minimum absolute atomic E-state index is 0.135. The predicted octanol–water partition coefficient (Wildman–Crippen LogP) is 3.31. The van der Waals surface area contributed by atoms with Crippen LogP contribution in [0.3, 0.4) is 0 Å². The summed E-state index contributed by atoms with van der Waals surface area (Å²) < 4.78 is 16.1. The van der Waals surface area contributed by atoms with E-state index in [-0.39, 0.29) is 18.4 Å². The number of rotatable bonds is 4. The van der Waals surface area contributed by atoms with Gasteiger partial charge in [0.25, 0.3) is 5.91 Å². The normalized spacial score (nSPS) is 14.9. The van der Waals surface area contributed by atoms with Gasteiger partial charge in [-0.15, -0.1) is 0 Å². The van der Waals surface area contributed by atoms with Crippen molar-refractivity contribution in [2.75, 3.05) is 31.5 Å². The molecule has 0 atom stereocenters. The van der Waals surface area contributed by atoms with Gasteiger partial charge in [-0.2, -0.15) is 0 Å². The number of benzene rings is 2. The highest BCUT2D eigenvalue weighted by Crippen LogP contribution is 2.34. The topological polar surface area (TPSA) is 85.9 Å². The van der Waals surface area contributed by atoms with Gasteiger partial charge in [0.2, 0.25) is 5.91 Å². The van der Waals surface area contributed by atoms with Crippen LogP contribution in [0.15, 0.2) is 36.4 Å². The highest BCUT2D eigenvalue weighted by molar-refractivity contribution is 6.05. The number of hydrogen-bond donors (Lipinski definition) is 2. The first-order valence-electron chi connectivity index (χ1n) is 8.46. The van der Waals surface area contributed by atoms with E-state index in [9.17, 15) is 9.59 Å². The van der Waals surface area contributed by atoms with E-state index in [1.807, 2.05) is 13.8 Å². The van der Waals surface area contributed by atoms with Gasteiger partial charge in [0.05, 0.1) is 25.3 Å².